The van der Waals surface area contributed by atoms with Crippen molar-refractivity contribution in [3.63, 3.8) is 0 Å². The van der Waals surface area contributed by atoms with E-state index < -0.39 is 0 Å². The maximum absolute atomic E-state index is 13.1. The summed E-state index contributed by atoms with van der Waals surface area (Å²) in [6, 6.07) is 18.1. The Balaban J connectivity index is 1.41. The SMILES string of the molecule is COc1ccc(N2CCN(c3nc4c(c(Nc5ccccc5)n3)C(=O)CC(C)(C)C4)CC2)cc1. The number of carbonyl (C=O) groups excluding carboxylic acids is 1. The zero-order valence-corrected chi connectivity index (χ0v) is 20.0. The van der Waals surface area contributed by atoms with E-state index in [0.717, 1.165) is 49.7 Å². The molecule has 7 nitrogen and oxygen atoms in total. The standard InChI is InChI=1S/C27H31N5O2/c1-27(2)17-22-24(23(33)18-27)25(28-19-7-5-4-6-8-19)30-26(29-22)32-15-13-31(14-16-32)20-9-11-21(34-3)12-10-20/h4-12H,13-18H2,1-3H3,(H,28,29,30). The number of rotatable bonds is 5. The number of nitrogens with zero attached hydrogens (tertiary/aromatic N) is 4. The van der Waals surface area contributed by atoms with E-state index in [0.29, 0.717) is 23.8 Å². The Kier molecular flexibility index (Phi) is 5.86. The normalized spacial score (nSPS) is 17.3. The molecule has 1 aliphatic heterocycles. The summed E-state index contributed by atoms with van der Waals surface area (Å²) in [5.74, 6) is 2.28. The molecule has 0 atom stereocenters. The molecule has 2 aliphatic rings. The van der Waals surface area contributed by atoms with Gasteiger partial charge in [-0.2, -0.15) is 4.98 Å². The summed E-state index contributed by atoms with van der Waals surface area (Å²) in [5, 5.41) is 3.39. The second-order valence-corrected chi connectivity index (χ2v) is 9.80. The third-order valence-electron chi connectivity index (χ3n) is 6.57. The molecule has 3 aromatic rings. The molecule has 1 aliphatic carbocycles. The Hall–Kier alpha value is -3.61. The van der Waals surface area contributed by atoms with E-state index in [-0.39, 0.29) is 11.2 Å². The van der Waals surface area contributed by atoms with Gasteiger partial charge in [0.25, 0.3) is 0 Å². The summed E-state index contributed by atoms with van der Waals surface area (Å²) in [5.41, 5.74) is 3.49. The van der Waals surface area contributed by atoms with Crippen LogP contribution < -0.4 is 19.9 Å². The number of hydrogen-bond acceptors (Lipinski definition) is 7. The molecule has 0 radical (unpaired) electrons. The first kappa shape index (κ1) is 22.2. The van der Waals surface area contributed by atoms with Crippen molar-refractivity contribution in [3.8, 4) is 5.75 Å². The number of para-hydroxylation sites is 1. The highest BCUT2D eigenvalue weighted by molar-refractivity contribution is 6.03. The number of fused-ring (bicyclic) bond motifs is 1. The van der Waals surface area contributed by atoms with Gasteiger partial charge < -0.3 is 19.9 Å². The Morgan fingerprint density at radius 2 is 1.56 bits per heavy atom. The molecule has 0 saturated carbocycles. The number of piperazine rings is 1. The van der Waals surface area contributed by atoms with Crippen LogP contribution in [-0.4, -0.2) is 49.0 Å². The molecule has 1 saturated heterocycles. The van der Waals surface area contributed by atoms with Crippen LogP contribution in [0, 0.1) is 5.41 Å². The Bertz CT molecular complexity index is 1170. The van der Waals surface area contributed by atoms with Gasteiger partial charge in [0, 0.05) is 44.0 Å². The van der Waals surface area contributed by atoms with Crippen LogP contribution in [0.25, 0.3) is 0 Å². The van der Waals surface area contributed by atoms with Gasteiger partial charge in [-0.3, -0.25) is 4.79 Å². The number of Topliss-reactive ketones (excluding diaryl/α,β-unsaturated/α-hetero) is 1. The minimum Gasteiger partial charge on any atom is -0.497 e. The van der Waals surface area contributed by atoms with Gasteiger partial charge in [-0.15, -0.1) is 0 Å². The van der Waals surface area contributed by atoms with Gasteiger partial charge in [-0.25, -0.2) is 4.98 Å². The second-order valence-electron chi connectivity index (χ2n) is 9.80. The van der Waals surface area contributed by atoms with Crippen LogP contribution >= 0.6 is 0 Å². The van der Waals surface area contributed by atoms with Gasteiger partial charge in [-0.05, 0) is 48.2 Å². The van der Waals surface area contributed by atoms with Gasteiger partial charge in [0.05, 0.1) is 18.4 Å². The molecule has 1 fully saturated rings. The first-order chi connectivity index (χ1) is 16.4. The van der Waals surface area contributed by atoms with E-state index >= 15 is 0 Å². The molecule has 176 valence electrons. The molecule has 34 heavy (non-hydrogen) atoms. The highest BCUT2D eigenvalue weighted by atomic mass is 16.5. The number of anilines is 4. The van der Waals surface area contributed by atoms with E-state index in [2.05, 4.69) is 41.1 Å². The van der Waals surface area contributed by atoms with E-state index in [4.69, 9.17) is 14.7 Å². The number of ether oxygens (including phenoxy) is 1. The van der Waals surface area contributed by atoms with Crippen molar-refractivity contribution in [2.75, 3.05) is 48.4 Å². The fourth-order valence-electron chi connectivity index (χ4n) is 4.80. The summed E-state index contributed by atoms with van der Waals surface area (Å²) in [4.78, 5) is 27.5. The van der Waals surface area contributed by atoms with E-state index in [9.17, 15) is 4.79 Å². The van der Waals surface area contributed by atoms with Gasteiger partial charge in [0.1, 0.15) is 11.6 Å². The molecule has 2 heterocycles. The molecule has 0 unspecified atom stereocenters. The Morgan fingerprint density at radius 3 is 2.24 bits per heavy atom. The first-order valence-electron chi connectivity index (χ1n) is 11.8. The summed E-state index contributed by atoms with van der Waals surface area (Å²) < 4.78 is 5.28. The van der Waals surface area contributed by atoms with Gasteiger partial charge >= 0.3 is 0 Å². The number of nitrogens with one attached hydrogen (secondary N) is 1. The third kappa shape index (κ3) is 4.55. The lowest BCUT2D eigenvalue weighted by Gasteiger charge is -2.37. The predicted octanol–water partition coefficient (Wildman–Crippen LogP) is 4.71. The molecule has 0 bridgehead atoms. The summed E-state index contributed by atoms with van der Waals surface area (Å²) in [6.45, 7) is 7.64. The zero-order valence-electron chi connectivity index (χ0n) is 20.0. The fourth-order valence-corrected chi connectivity index (χ4v) is 4.80. The molecule has 5 rings (SSSR count). The molecule has 1 N–H and O–H groups in total. The molecule has 1 aromatic heterocycles. The van der Waals surface area contributed by atoms with Crippen LogP contribution in [-0.2, 0) is 6.42 Å². The summed E-state index contributed by atoms with van der Waals surface area (Å²) in [6.07, 6.45) is 1.27. The van der Waals surface area contributed by atoms with Crippen molar-refractivity contribution >= 4 is 28.9 Å². The minimum absolute atomic E-state index is 0.104. The Morgan fingerprint density at radius 1 is 0.882 bits per heavy atom. The second kappa shape index (κ2) is 8.97. The third-order valence-corrected chi connectivity index (χ3v) is 6.57. The maximum Gasteiger partial charge on any atom is 0.227 e. The van der Waals surface area contributed by atoms with Crippen LogP contribution in [0.2, 0.25) is 0 Å². The van der Waals surface area contributed by atoms with Crippen LogP contribution in [0.3, 0.4) is 0 Å². The van der Waals surface area contributed by atoms with E-state index in [1.165, 1.54) is 5.69 Å². The topological polar surface area (TPSA) is 70.6 Å². The summed E-state index contributed by atoms with van der Waals surface area (Å²) >= 11 is 0. The number of ketones is 1. The predicted molar refractivity (Wildman–Crippen MR) is 136 cm³/mol. The molecule has 0 amide bonds. The van der Waals surface area contributed by atoms with Crippen molar-refractivity contribution in [3.05, 3.63) is 65.9 Å². The molecular weight excluding hydrogens is 426 g/mol. The van der Waals surface area contributed by atoms with Crippen molar-refractivity contribution < 1.29 is 9.53 Å². The van der Waals surface area contributed by atoms with Crippen LogP contribution in [0.1, 0.15) is 36.3 Å². The number of aromatic nitrogens is 2. The fraction of sp³-hybridized carbons (Fsp3) is 0.370. The molecule has 2 aromatic carbocycles. The van der Waals surface area contributed by atoms with Gasteiger partial charge in [0.2, 0.25) is 5.95 Å². The highest BCUT2D eigenvalue weighted by Gasteiger charge is 2.35. The van der Waals surface area contributed by atoms with Crippen molar-refractivity contribution in [1.82, 2.24) is 9.97 Å². The van der Waals surface area contributed by atoms with Crippen LogP contribution in [0.15, 0.2) is 54.6 Å². The average Bonchev–Trinajstić information content (AvgIpc) is 2.83. The van der Waals surface area contributed by atoms with Crippen molar-refractivity contribution in [2.24, 2.45) is 5.41 Å². The number of carbonyl (C=O) groups is 1. The number of hydrogen-bond donors (Lipinski definition) is 1. The van der Waals surface area contributed by atoms with Crippen LogP contribution in [0.5, 0.6) is 5.75 Å². The molecule has 0 spiro atoms. The van der Waals surface area contributed by atoms with E-state index in [1.807, 2.05) is 42.5 Å². The smallest absolute Gasteiger partial charge is 0.227 e. The van der Waals surface area contributed by atoms with Crippen molar-refractivity contribution in [1.29, 1.82) is 0 Å². The molecule has 7 heteroatoms. The lowest BCUT2D eigenvalue weighted by molar-refractivity contribution is 0.0911. The number of methoxy groups -OCH3 is 1. The van der Waals surface area contributed by atoms with Crippen molar-refractivity contribution in [2.45, 2.75) is 26.7 Å². The van der Waals surface area contributed by atoms with Gasteiger partial charge in [-0.1, -0.05) is 32.0 Å². The average molecular weight is 458 g/mol. The number of benzene rings is 2. The maximum atomic E-state index is 13.1. The molecular formula is C27H31N5O2. The quantitative estimate of drug-likeness (QED) is 0.595. The Labute approximate surface area is 200 Å². The lowest BCUT2D eigenvalue weighted by Crippen LogP contribution is -2.47. The largest absolute Gasteiger partial charge is 0.497 e. The minimum atomic E-state index is -0.104. The van der Waals surface area contributed by atoms with Crippen LogP contribution in [0.4, 0.5) is 23.1 Å². The van der Waals surface area contributed by atoms with Gasteiger partial charge in [0.15, 0.2) is 5.78 Å². The van der Waals surface area contributed by atoms with E-state index in [1.54, 1.807) is 7.11 Å². The lowest BCUT2D eigenvalue weighted by atomic mass is 9.75. The first-order valence-corrected chi connectivity index (χ1v) is 11.8. The highest BCUT2D eigenvalue weighted by Crippen LogP contribution is 2.38. The summed E-state index contributed by atoms with van der Waals surface area (Å²) in [7, 11) is 1.68. The zero-order chi connectivity index (χ0) is 23.7. The monoisotopic (exact) mass is 457 g/mol.